The number of aromatic nitrogens is 2. The third-order valence-corrected chi connectivity index (χ3v) is 6.47. The molecular formula is C22H26ClN5OS. The molecule has 3 aromatic rings. The van der Waals surface area contributed by atoms with Crippen LogP contribution < -0.4 is 10.2 Å². The Hall–Kier alpha value is -2.38. The molecule has 0 bridgehead atoms. The molecule has 1 N–H and O–H groups in total. The molecule has 0 aliphatic carbocycles. The second-order valence-electron chi connectivity index (χ2n) is 8.15. The number of anilines is 2. The number of nitrogens with one attached hydrogen (secondary N) is 1. The lowest BCUT2D eigenvalue weighted by molar-refractivity contribution is 0.184. The molecule has 2 amide bonds. The van der Waals surface area contributed by atoms with Crippen molar-refractivity contribution in [2.24, 2.45) is 5.92 Å². The average Bonchev–Trinajstić information content (AvgIpc) is 3.09. The van der Waals surface area contributed by atoms with E-state index in [1.54, 1.807) is 6.20 Å². The summed E-state index contributed by atoms with van der Waals surface area (Å²) in [6.07, 6.45) is 2.78. The van der Waals surface area contributed by atoms with Crippen LogP contribution in [0.25, 0.3) is 10.2 Å². The van der Waals surface area contributed by atoms with Gasteiger partial charge in [0.15, 0.2) is 5.13 Å². The van der Waals surface area contributed by atoms with Crippen molar-refractivity contribution in [3.05, 3.63) is 47.1 Å². The molecule has 4 rings (SSSR count). The number of carbonyl (C=O) groups excluding carboxylic acids is 1. The third kappa shape index (κ3) is 4.52. The summed E-state index contributed by atoms with van der Waals surface area (Å²) in [5, 5.41) is 4.26. The molecule has 3 heterocycles. The van der Waals surface area contributed by atoms with Gasteiger partial charge in [-0.3, -0.25) is 5.32 Å². The molecule has 1 fully saturated rings. The molecule has 1 atom stereocenters. The van der Waals surface area contributed by atoms with Gasteiger partial charge in [-0.1, -0.05) is 42.9 Å². The Bertz CT molecular complexity index is 1050. The second-order valence-corrected chi connectivity index (χ2v) is 9.58. The molecule has 6 nitrogen and oxygen atoms in total. The first-order valence-corrected chi connectivity index (χ1v) is 11.4. The summed E-state index contributed by atoms with van der Waals surface area (Å²) in [6.45, 7) is 8.44. The normalized spacial score (nSPS) is 17.0. The number of piperazine rings is 1. The minimum atomic E-state index is -0.115. The Morgan fingerprint density at radius 2 is 2.17 bits per heavy atom. The lowest BCUT2D eigenvalue weighted by atomic mass is 10.0. The first-order chi connectivity index (χ1) is 14.4. The maximum atomic E-state index is 12.9. The molecule has 158 valence electrons. The third-order valence-electron chi connectivity index (χ3n) is 5.24. The Labute approximate surface area is 185 Å². The van der Waals surface area contributed by atoms with Crippen molar-refractivity contribution in [1.29, 1.82) is 0 Å². The number of hydrogen-bond acceptors (Lipinski definition) is 5. The molecule has 0 spiro atoms. The van der Waals surface area contributed by atoms with Crippen LogP contribution in [0.15, 0.2) is 36.5 Å². The fourth-order valence-electron chi connectivity index (χ4n) is 3.85. The van der Waals surface area contributed by atoms with Crippen molar-refractivity contribution < 1.29 is 4.79 Å². The van der Waals surface area contributed by atoms with Gasteiger partial charge in [-0.2, -0.15) is 0 Å². The highest BCUT2D eigenvalue weighted by molar-refractivity contribution is 7.22. The number of amides is 2. The van der Waals surface area contributed by atoms with Crippen molar-refractivity contribution >= 4 is 50.1 Å². The predicted octanol–water partition coefficient (Wildman–Crippen LogP) is 5.29. The van der Waals surface area contributed by atoms with E-state index in [1.807, 2.05) is 30.0 Å². The van der Waals surface area contributed by atoms with E-state index in [0.29, 0.717) is 35.7 Å². The van der Waals surface area contributed by atoms with E-state index in [9.17, 15) is 4.79 Å². The van der Waals surface area contributed by atoms with E-state index < -0.39 is 0 Å². The fraction of sp³-hybridized carbons (Fsp3) is 0.409. The highest BCUT2D eigenvalue weighted by Gasteiger charge is 2.29. The number of pyridine rings is 1. The van der Waals surface area contributed by atoms with Crippen molar-refractivity contribution in [2.45, 2.75) is 33.2 Å². The van der Waals surface area contributed by atoms with Gasteiger partial charge in [-0.15, -0.1) is 0 Å². The van der Waals surface area contributed by atoms with Gasteiger partial charge in [0.25, 0.3) is 0 Å². The van der Waals surface area contributed by atoms with Gasteiger partial charge in [0.2, 0.25) is 0 Å². The number of rotatable bonds is 4. The summed E-state index contributed by atoms with van der Waals surface area (Å²) < 4.78 is 1.10. The maximum Gasteiger partial charge on any atom is 0.324 e. The van der Waals surface area contributed by atoms with Crippen molar-refractivity contribution in [3.63, 3.8) is 0 Å². The Morgan fingerprint density at radius 3 is 2.90 bits per heavy atom. The second kappa shape index (κ2) is 8.78. The molecule has 30 heavy (non-hydrogen) atoms. The average molecular weight is 444 g/mol. The fourth-order valence-corrected chi connectivity index (χ4v) is 5.01. The van der Waals surface area contributed by atoms with Gasteiger partial charge in [-0.05, 0) is 49.1 Å². The summed E-state index contributed by atoms with van der Waals surface area (Å²) >= 11 is 7.81. The molecule has 0 radical (unpaired) electrons. The van der Waals surface area contributed by atoms with Crippen LogP contribution in [-0.2, 0) is 6.42 Å². The van der Waals surface area contributed by atoms with Crippen molar-refractivity contribution in [2.75, 3.05) is 29.9 Å². The molecule has 2 aromatic heterocycles. The van der Waals surface area contributed by atoms with Crippen LogP contribution in [0.1, 0.15) is 26.3 Å². The predicted molar refractivity (Wildman–Crippen MR) is 125 cm³/mol. The van der Waals surface area contributed by atoms with Gasteiger partial charge >= 0.3 is 6.03 Å². The highest BCUT2D eigenvalue weighted by Crippen LogP contribution is 2.29. The molecular weight excluding hydrogens is 418 g/mol. The zero-order chi connectivity index (χ0) is 21.3. The van der Waals surface area contributed by atoms with E-state index in [4.69, 9.17) is 11.6 Å². The maximum absolute atomic E-state index is 12.9. The molecule has 1 aliphatic rings. The Balaban J connectivity index is 1.42. The van der Waals surface area contributed by atoms with Gasteiger partial charge in [0.1, 0.15) is 5.82 Å². The molecule has 0 unspecified atom stereocenters. The summed E-state index contributed by atoms with van der Waals surface area (Å²) in [5.41, 5.74) is 2.22. The van der Waals surface area contributed by atoms with Crippen LogP contribution >= 0.6 is 22.9 Å². The SMILES string of the molecule is CC(C)Cc1ccc2nc(NC(=O)N3CCN(c4ncccc4Cl)C[C@H]3C)sc2c1. The lowest BCUT2D eigenvalue weighted by Crippen LogP contribution is -2.55. The van der Waals surface area contributed by atoms with Crippen molar-refractivity contribution in [3.8, 4) is 0 Å². The number of carbonyl (C=O) groups is 1. The first-order valence-electron chi connectivity index (χ1n) is 10.2. The number of benzene rings is 1. The van der Waals surface area contributed by atoms with E-state index >= 15 is 0 Å². The monoisotopic (exact) mass is 443 g/mol. The molecule has 8 heteroatoms. The Morgan fingerprint density at radius 1 is 1.33 bits per heavy atom. The smallest absolute Gasteiger partial charge is 0.324 e. The number of fused-ring (bicyclic) bond motifs is 1. The molecule has 1 saturated heterocycles. The van der Waals surface area contributed by atoms with E-state index in [-0.39, 0.29) is 12.1 Å². The standard InChI is InChI=1S/C22H26ClN5OS/c1-14(2)11-16-6-7-18-19(12-16)30-21(25-18)26-22(29)28-10-9-27(13-15(28)3)20-17(23)5-4-8-24-20/h4-8,12,14-15H,9-11,13H2,1-3H3,(H,25,26,29)/t15-/m1/s1. The zero-order valence-corrected chi connectivity index (χ0v) is 19.0. The van der Waals surface area contributed by atoms with Crippen LogP contribution in [0.5, 0.6) is 0 Å². The molecule has 0 saturated carbocycles. The van der Waals surface area contributed by atoms with Crippen LogP contribution in [0.4, 0.5) is 15.7 Å². The number of hydrogen-bond donors (Lipinski definition) is 1. The van der Waals surface area contributed by atoms with E-state index in [0.717, 1.165) is 22.5 Å². The summed E-state index contributed by atoms with van der Waals surface area (Å²) in [7, 11) is 0. The summed E-state index contributed by atoms with van der Waals surface area (Å²) in [6, 6.07) is 9.92. The van der Waals surface area contributed by atoms with Gasteiger partial charge in [-0.25, -0.2) is 14.8 Å². The topological polar surface area (TPSA) is 61.4 Å². The summed E-state index contributed by atoms with van der Waals surface area (Å²) in [4.78, 5) is 25.9. The highest BCUT2D eigenvalue weighted by atomic mass is 35.5. The molecule has 1 aliphatic heterocycles. The minimum Gasteiger partial charge on any atom is -0.352 e. The Kier molecular flexibility index (Phi) is 6.11. The number of halogens is 1. The molecule has 1 aromatic carbocycles. The van der Waals surface area contributed by atoms with Crippen LogP contribution in [0.2, 0.25) is 5.02 Å². The summed E-state index contributed by atoms with van der Waals surface area (Å²) in [5.74, 6) is 1.38. The zero-order valence-electron chi connectivity index (χ0n) is 17.4. The quantitative estimate of drug-likeness (QED) is 0.595. The first kappa shape index (κ1) is 20.9. The lowest BCUT2D eigenvalue weighted by Gasteiger charge is -2.40. The van der Waals surface area contributed by atoms with Gasteiger partial charge < -0.3 is 9.80 Å². The van der Waals surface area contributed by atoms with Gasteiger partial charge in [0.05, 0.1) is 15.2 Å². The minimum absolute atomic E-state index is 0.0313. The van der Waals surface area contributed by atoms with E-state index in [1.165, 1.54) is 16.9 Å². The largest absolute Gasteiger partial charge is 0.352 e. The van der Waals surface area contributed by atoms with Crippen molar-refractivity contribution in [1.82, 2.24) is 14.9 Å². The van der Waals surface area contributed by atoms with Crippen LogP contribution in [0, 0.1) is 5.92 Å². The number of nitrogens with zero attached hydrogens (tertiary/aromatic N) is 4. The van der Waals surface area contributed by atoms with Crippen LogP contribution in [-0.4, -0.2) is 46.6 Å². The number of urea groups is 1. The van der Waals surface area contributed by atoms with Gasteiger partial charge in [0, 0.05) is 31.9 Å². The van der Waals surface area contributed by atoms with Crippen LogP contribution in [0.3, 0.4) is 0 Å². The number of thiazole rings is 1. The van der Waals surface area contributed by atoms with E-state index in [2.05, 4.69) is 46.2 Å².